The van der Waals surface area contributed by atoms with E-state index >= 15 is 0 Å². The molecule has 128 valence electrons. The van der Waals surface area contributed by atoms with Gasteiger partial charge in [-0.15, -0.1) is 10.2 Å². The highest BCUT2D eigenvalue weighted by Crippen LogP contribution is 2.26. The van der Waals surface area contributed by atoms with Crippen LogP contribution in [0.25, 0.3) is 0 Å². The minimum absolute atomic E-state index is 0.0178. The second kappa shape index (κ2) is 8.38. The Morgan fingerprint density at radius 1 is 1.17 bits per heavy atom. The van der Waals surface area contributed by atoms with Gasteiger partial charge in [-0.05, 0) is 31.7 Å². The highest BCUT2D eigenvalue weighted by atomic mass is 16.1. The van der Waals surface area contributed by atoms with Crippen molar-refractivity contribution in [2.24, 2.45) is 5.92 Å². The van der Waals surface area contributed by atoms with Gasteiger partial charge in [0.25, 0.3) is 0 Å². The maximum atomic E-state index is 11.9. The zero-order valence-corrected chi connectivity index (χ0v) is 13.8. The smallest absolute Gasteiger partial charge is 0.227 e. The number of tetrazole rings is 1. The molecule has 23 heavy (non-hydrogen) atoms. The van der Waals surface area contributed by atoms with Gasteiger partial charge in [0.05, 0.1) is 6.42 Å². The lowest BCUT2D eigenvalue weighted by Crippen LogP contribution is -2.36. The second-order valence-electron chi connectivity index (χ2n) is 6.96. The molecule has 0 unspecified atom stereocenters. The number of likely N-dealkylation sites (tertiary alicyclic amines) is 1. The summed E-state index contributed by atoms with van der Waals surface area (Å²) in [5.74, 6) is 1.01. The number of H-pyrrole nitrogens is 1. The van der Waals surface area contributed by atoms with Crippen LogP contribution in [0.2, 0.25) is 0 Å². The summed E-state index contributed by atoms with van der Waals surface area (Å²) < 4.78 is 0. The number of nitrogens with one attached hydrogen (secondary N) is 2. The highest BCUT2D eigenvalue weighted by Gasteiger charge is 2.28. The Labute approximate surface area is 137 Å². The van der Waals surface area contributed by atoms with E-state index < -0.39 is 0 Å². The average Bonchev–Trinajstić information content (AvgIpc) is 3.16. The quantitative estimate of drug-likeness (QED) is 0.854. The van der Waals surface area contributed by atoms with Crippen LogP contribution in [0.4, 0.5) is 0 Å². The van der Waals surface area contributed by atoms with E-state index in [-0.39, 0.29) is 12.3 Å². The molecule has 1 aliphatic carbocycles. The summed E-state index contributed by atoms with van der Waals surface area (Å²) in [7, 11) is 0. The second-order valence-corrected chi connectivity index (χ2v) is 6.96. The minimum atomic E-state index is -0.0178. The molecule has 0 bridgehead atoms. The van der Waals surface area contributed by atoms with Crippen molar-refractivity contribution < 1.29 is 4.79 Å². The third-order valence-corrected chi connectivity index (χ3v) is 5.20. The molecule has 7 nitrogen and oxygen atoms in total. The van der Waals surface area contributed by atoms with E-state index in [9.17, 15) is 4.79 Å². The number of rotatable bonds is 5. The van der Waals surface area contributed by atoms with Crippen LogP contribution >= 0.6 is 0 Å². The molecule has 2 N–H and O–H groups in total. The standard InChI is InChI=1S/C16H28N6O/c23-16(10-15-18-20-21-19-15)17-11-13-8-9-22(12-13)14-6-4-2-1-3-5-7-14/h13-14H,1-12H2,(H,17,23)(H,18,19,20,21)/t13-/m0/s1. The predicted octanol–water partition coefficient (Wildman–Crippen LogP) is 1.29. The lowest BCUT2D eigenvalue weighted by molar-refractivity contribution is -0.120. The van der Waals surface area contributed by atoms with Gasteiger partial charge in [-0.1, -0.05) is 37.3 Å². The summed E-state index contributed by atoms with van der Waals surface area (Å²) in [6.45, 7) is 3.09. The zero-order chi connectivity index (χ0) is 15.9. The first-order chi connectivity index (χ1) is 11.3. The van der Waals surface area contributed by atoms with Crippen molar-refractivity contribution in [2.45, 2.75) is 63.8 Å². The van der Waals surface area contributed by atoms with Crippen molar-refractivity contribution in [3.8, 4) is 0 Å². The Morgan fingerprint density at radius 3 is 2.70 bits per heavy atom. The normalized spacial score (nSPS) is 24.3. The molecule has 7 heteroatoms. The molecule has 2 fully saturated rings. The van der Waals surface area contributed by atoms with Crippen LogP contribution in [0.3, 0.4) is 0 Å². The summed E-state index contributed by atoms with van der Waals surface area (Å²) >= 11 is 0. The van der Waals surface area contributed by atoms with Crippen LogP contribution in [0, 0.1) is 5.92 Å². The van der Waals surface area contributed by atoms with E-state index in [1.165, 1.54) is 57.9 Å². The van der Waals surface area contributed by atoms with Crippen LogP contribution in [0.1, 0.15) is 57.2 Å². The summed E-state index contributed by atoms with van der Waals surface area (Å²) in [4.78, 5) is 14.6. The first-order valence-corrected chi connectivity index (χ1v) is 9.04. The summed E-state index contributed by atoms with van der Waals surface area (Å²) in [5.41, 5.74) is 0. The van der Waals surface area contributed by atoms with Gasteiger partial charge in [-0.25, -0.2) is 0 Å². The fourth-order valence-electron chi connectivity index (χ4n) is 3.88. The molecule has 0 aromatic carbocycles. The van der Waals surface area contributed by atoms with Gasteiger partial charge in [0.1, 0.15) is 0 Å². The molecule has 1 saturated carbocycles. The molecule has 3 rings (SSSR count). The number of hydrogen-bond acceptors (Lipinski definition) is 5. The van der Waals surface area contributed by atoms with Crippen molar-refractivity contribution in [3.63, 3.8) is 0 Å². The van der Waals surface area contributed by atoms with Gasteiger partial charge >= 0.3 is 0 Å². The van der Waals surface area contributed by atoms with Crippen molar-refractivity contribution in [1.82, 2.24) is 30.8 Å². The molecule has 2 aliphatic rings. The summed E-state index contributed by atoms with van der Waals surface area (Å²) in [6, 6.07) is 0.773. The van der Waals surface area contributed by atoms with Crippen molar-refractivity contribution in [3.05, 3.63) is 5.82 Å². The average molecular weight is 320 g/mol. The summed E-state index contributed by atoms with van der Waals surface area (Å²) in [5, 5.41) is 16.5. The minimum Gasteiger partial charge on any atom is -0.355 e. The molecule has 1 aromatic rings. The van der Waals surface area contributed by atoms with Crippen LogP contribution < -0.4 is 5.32 Å². The van der Waals surface area contributed by atoms with Gasteiger partial charge < -0.3 is 10.2 Å². The lowest BCUT2D eigenvalue weighted by atomic mass is 9.96. The van der Waals surface area contributed by atoms with Crippen LogP contribution in [0.15, 0.2) is 0 Å². The van der Waals surface area contributed by atoms with Gasteiger partial charge in [0, 0.05) is 19.1 Å². The van der Waals surface area contributed by atoms with Crippen LogP contribution in [-0.2, 0) is 11.2 Å². The Kier molecular flexibility index (Phi) is 5.96. The predicted molar refractivity (Wildman–Crippen MR) is 86.7 cm³/mol. The molecular formula is C16H28N6O. The maximum Gasteiger partial charge on any atom is 0.227 e. The van der Waals surface area contributed by atoms with E-state index in [4.69, 9.17) is 0 Å². The van der Waals surface area contributed by atoms with Gasteiger partial charge in [-0.3, -0.25) is 4.79 Å². The van der Waals surface area contributed by atoms with Gasteiger partial charge in [-0.2, -0.15) is 5.21 Å². The van der Waals surface area contributed by atoms with Crippen LogP contribution in [0.5, 0.6) is 0 Å². The monoisotopic (exact) mass is 320 g/mol. The van der Waals surface area contributed by atoms with E-state index in [1.807, 2.05) is 0 Å². The SMILES string of the molecule is O=C(Cc1nn[nH]n1)NC[C@@H]1CCN(C2CCCCCCC2)C1. The Hall–Kier alpha value is -1.50. The first kappa shape index (κ1) is 16.4. The Balaban J connectivity index is 1.38. The number of amides is 1. The molecule has 1 saturated heterocycles. The largest absolute Gasteiger partial charge is 0.355 e. The fourth-order valence-corrected chi connectivity index (χ4v) is 3.88. The Bertz CT molecular complexity index is 469. The molecule has 0 spiro atoms. The number of aromatic amines is 1. The highest BCUT2D eigenvalue weighted by molar-refractivity contribution is 5.77. The topological polar surface area (TPSA) is 86.8 Å². The van der Waals surface area contributed by atoms with E-state index in [2.05, 4.69) is 30.8 Å². The third kappa shape index (κ3) is 4.99. The molecular weight excluding hydrogens is 292 g/mol. The van der Waals surface area contributed by atoms with E-state index in [0.717, 1.165) is 19.1 Å². The molecule has 1 aromatic heterocycles. The molecule has 1 amide bonds. The number of hydrogen-bond donors (Lipinski definition) is 2. The lowest BCUT2D eigenvalue weighted by Gasteiger charge is -2.29. The number of carbonyl (C=O) groups is 1. The molecule has 1 aliphatic heterocycles. The number of aromatic nitrogens is 4. The Morgan fingerprint density at radius 2 is 1.96 bits per heavy atom. The van der Waals surface area contributed by atoms with Gasteiger partial charge in [0.15, 0.2) is 5.82 Å². The van der Waals surface area contributed by atoms with Crippen molar-refractivity contribution in [2.75, 3.05) is 19.6 Å². The van der Waals surface area contributed by atoms with E-state index in [0.29, 0.717) is 11.7 Å². The van der Waals surface area contributed by atoms with Crippen molar-refractivity contribution >= 4 is 5.91 Å². The first-order valence-electron chi connectivity index (χ1n) is 9.04. The maximum absolute atomic E-state index is 11.9. The van der Waals surface area contributed by atoms with Crippen LogP contribution in [-0.4, -0.2) is 57.1 Å². The molecule has 0 radical (unpaired) electrons. The molecule has 2 heterocycles. The number of nitrogens with zero attached hydrogens (tertiary/aromatic N) is 4. The molecule has 1 atom stereocenters. The zero-order valence-electron chi connectivity index (χ0n) is 13.8. The summed E-state index contributed by atoms with van der Waals surface area (Å²) in [6.07, 6.45) is 11.1. The third-order valence-electron chi connectivity index (χ3n) is 5.20. The number of carbonyl (C=O) groups excluding carboxylic acids is 1. The van der Waals surface area contributed by atoms with Crippen molar-refractivity contribution in [1.29, 1.82) is 0 Å². The van der Waals surface area contributed by atoms with Gasteiger partial charge in [0.2, 0.25) is 5.91 Å². The van der Waals surface area contributed by atoms with E-state index in [1.54, 1.807) is 0 Å². The fraction of sp³-hybridized carbons (Fsp3) is 0.875.